The Hall–Kier alpha value is -2.74. The number of hydrogen-bond donors (Lipinski definition) is 2. The van der Waals surface area contributed by atoms with E-state index < -0.39 is 0 Å². The molecule has 3 aromatic carbocycles. The van der Waals surface area contributed by atoms with Gasteiger partial charge >= 0.3 is 0 Å². The minimum absolute atomic E-state index is 0.0953. The highest BCUT2D eigenvalue weighted by molar-refractivity contribution is 9.10. The second-order valence-electron chi connectivity index (χ2n) is 6.29. The average Bonchev–Trinajstić information content (AvgIpc) is 2.74. The van der Waals surface area contributed by atoms with Crippen LogP contribution < -0.4 is 15.9 Å². The number of rotatable bonds is 6. The fraction of sp³-hybridized carbons (Fsp3) is 0.0909. The SMILES string of the molecule is COc1ccc(CN(N)C(=S)Nc2ccccc2C(=O)c2ccc(Br)cc2)cc1. The number of nitrogens with one attached hydrogen (secondary N) is 1. The number of anilines is 1. The number of nitrogens with zero attached hydrogens (tertiary/aromatic N) is 1. The van der Waals surface area contributed by atoms with Crippen LogP contribution in [0.1, 0.15) is 21.5 Å². The summed E-state index contributed by atoms with van der Waals surface area (Å²) in [6.45, 7) is 0.415. The zero-order valence-electron chi connectivity index (χ0n) is 15.8. The number of methoxy groups -OCH3 is 1. The molecule has 7 heteroatoms. The first-order valence-electron chi connectivity index (χ1n) is 8.83. The number of hydrazine groups is 1. The number of ether oxygens (including phenoxy) is 1. The Morgan fingerprint density at radius 1 is 1.07 bits per heavy atom. The van der Waals surface area contributed by atoms with E-state index in [2.05, 4.69) is 21.2 Å². The summed E-state index contributed by atoms with van der Waals surface area (Å²) in [6.07, 6.45) is 0. The number of nitrogens with two attached hydrogens (primary N) is 1. The summed E-state index contributed by atoms with van der Waals surface area (Å²) in [5, 5.41) is 4.84. The van der Waals surface area contributed by atoms with E-state index in [0.29, 0.717) is 28.5 Å². The van der Waals surface area contributed by atoms with Crippen LogP contribution in [0.4, 0.5) is 5.69 Å². The zero-order chi connectivity index (χ0) is 20.8. The molecule has 148 valence electrons. The van der Waals surface area contributed by atoms with Crippen molar-refractivity contribution in [1.29, 1.82) is 0 Å². The molecular formula is C22H20BrN3O2S. The van der Waals surface area contributed by atoms with Gasteiger partial charge in [-0.1, -0.05) is 40.2 Å². The van der Waals surface area contributed by atoms with Gasteiger partial charge in [-0.15, -0.1) is 0 Å². The molecule has 0 aliphatic heterocycles. The van der Waals surface area contributed by atoms with E-state index in [4.69, 9.17) is 22.8 Å². The molecule has 5 nitrogen and oxygen atoms in total. The van der Waals surface area contributed by atoms with Crippen LogP contribution in [-0.2, 0) is 6.54 Å². The van der Waals surface area contributed by atoms with Gasteiger partial charge in [-0.2, -0.15) is 0 Å². The molecule has 0 saturated heterocycles. The summed E-state index contributed by atoms with van der Waals surface area (Å²) in [5.74, 6) is 6.81. The number of carbonyl (C=O) groups is 1. The fourth-order valence-electron chi connectivity index (χ4n) is 2.73. The van der Waals surface area contributed by atoms with E-state index in [1.807, 2.05) is 48.5 Å². The molecule has 0 atom stereocenters. The van der Waals surface area contributed by atoms with Crippen molar-refractivity contribution in [1.82, 2.24) is 5.01 Å². The largest absolute Gasteiger partial charge is 0.497 e. The molecule has 0 spiro atoms. The number of hydrogen-bond acceptors (Lipinski definition) is 4. The Morgan fingerprint density at radius 3 is 2.38 bits per heavy atom. The second-order valence-corrected chi connectivity index (χ2v) is 7.59. The van der Waals surface area contributed by atoms with Gasteiger partial charge < -0.3 is 10.1 Å². The normalized spacial score (nSPS) is 10.3. The van der Waals surface area contributed by atoms with Crippen molar-refractivity contribution in [3.05, 3.63) is 94.0 Å². The minimum Gasteiger partial charge on any atom is -0.497 e. The predicted octanol–water partition coefficient (Wildman–Crippen LogP) is 4.76. The van der Waals surface area contributed by atoms with Gasteiger partial charge in [0.1, 0.15) is 5.75 Å². The summed E-state index contributed by atoms with van der Waals surface area (Å²) >= 11 is 8.82. The number of thiocarbonyl (C=S) groups is 1. The molecule has 0 aliphatic carbocycles. The van der Waals surface area contributed by atoms with E-state index in [1.54, 1.807) is 31.4 Å². The average molecular weight is 470 g/mol. The summed E-state index contributed by atoms with van der Waals surface area (Å²) < 4.78 is 6.08. The Morgan fingerprint density at radius 2 is 1.72 bits per heavy atom. The van der Waals surface area contributed by atoms with Crippen LogP contribution in [0.2, 0.25) is 0 Å². The Bertz CT molecular complexity index is 1010. The Labute approximate surface area is 183 Å². The van der Waals surface area contributed by atoms with Gasteiger partial charge in [-0.25, -0.2) is 5.84 Å². The Balaban J connectivity index is 1.73. The van der Waals surface area contributed by atoms with E-state index >= 15 is 0 Å². The summed E-state index contributed by atoms with van der Waals surface area (Å²) in [5.41, 5.74) is 2.71. The van der Waals surface area contributed by atoms with Crippen LogP contribution in [-0.4, -0.2) is 23.0 Å². The van der Waals surface area contributed by atoms with Crippen LogP contribution in [0, 0.1) is 0 Å². The summed E-state index contributed by atoms with van der Waals surface area (Å²) in [6, 6.07) is 22.0. The number of ketones is 1. The quantitative estimate of drug-likeness (QED) is 0.234. The second kappa shape index (κ2) is 9.65. The number of para-hydroxylation sites is 1. The highest BCUT2D eigenvalue weighted by Crippen LogP contribution is 2.21. The van der Waals surface area contributed by atoms with Gasteiger partial charge in [-0.05, 0) is 66.3 Å². The monoisotopic (exact) mass is 469 g/mol. The van der Waals surface area contributed by atoms with Crippen LogP contribution >= 0.6 is 28.1 Å². The summed E-state index contributed by atoms with van der Waals surface area (Å²) in [4.78, 5) is 12.9. The lowest BCUT2D eigenvalue weighted by molar-refractivity contribution is 0.103. The standard InChI is InChI=1S/C22H20BrN3O2S/c1-28-18-12-6-15(7-13-18)14-26(24)22(29)25-20-5-3-2-4-19(20)21(27)16-8-10-17(23)11-9-16/h2-13H,14,24H2,1H3,(H,25,29). The molecule has 0 fully saturated rings. The van der Waals surface area contributed by atoms with Gasteiger partial charge in [-0.3, -0.25) is 9.80 Å². The van der Waals surface area contributed by atoms with E-state index in [1.165, 1.54) is 5.01 Å². The first-order valence-corrected chi connectivity index (χ1v) is 10.0. The van der Waals surface area contributed by atoms with E-state index in [-0.39, 0.29) is 5.78 Å². The van der Waals surface area contributed by atoms with Gasteiger partial charge in [0.25, 0.3) is 0 Å². The molecular weight excluding hydrogens is 450 g/mol. The minimum atomic E-state index is -0.0953. The lowest BCUT2D eigenvalue weighted by atomic mass is 10.0. The van der Waals surface area contributed by atoms with Crippen molar-refractivity contribution >= 4 is 44.7 Å². The molecule has 3 aromatic rings. The summed E-state index contributed by atoms with van der Waals surface area (Å²) in [7, 11) is 1.62. The molecule has 0 amide bonds. The van der Waals surface area contributed by atoms with Crippen LogP contribution in [0.3, 0.4) is 0 Å². The maximum atomic E-state index is 12.9. The molecule has 0 aromatic heterocycles. The molecule has 0 radical (unpaired) electrons. The maximum Gasteiger partial charge on any atom is 0.195 e. The lowest BCUT2D eigenvalue weighted by Gasteiger charge is -2.21. The zero-order valence-corrected chi connectivity index (χ0v) is 18.2. The number of carbonyl (C=O) groups excluding carboxylic acids is 1. The molecule has 3 N–H and O–H groups in total. The van der Waals surface area contributed by atoms with Crippen LogP contribution in [0.25, 0.3) is 0 Å². The highest BCUT2D eigenvalue weighted by Gasteiger charge is 2.15. The third kappa shape index (κ3) is 5.41. The molecule has 0 unspecified atom stereocenters. The van der Waals surface area contributed by atoms with Crippen molar-refractivity contribution in [2.24, 2.45) is 5.84 Å². The third-order valence-corrected chi connectivity index (χ3v) is 5.16. The van der Waals surface area contributed by atoms with Crippen molar-refractivity contribution in [2.45, 2.75) is 6.54 Å². The van der Waals surface area contributed by atoms with E-state index in [0.717, 1.165) is 15.8 Å². The fourth-order valence-corrected chi connectivity index (χ4v) is 3.17. The van der Waals surface area contributed by atoms with Crippen molar-refractivity contribution in [3.63, 3.8) is 0 Å². The Kier molecular flexibility index (Phi) is 6.98. The van der Waals surface area contributed by atoms with Gasteiger partial charge in [0.05, 0.1) is 19.3 Å². The lowest BCUT2D eigenvalue weighted by Crippen LogP contribution is -2.40. The van der Waals surface area contributed by atoms with Crippen LogP contribution in [0.15, 0.2) is 77.3 Å². The third-order valence-electron chi connectivity index (χ3n) is 4.29. The molecule has 0 heterocycles. The van der Waals surface area contributed by atoms with Crippen molar-refractivity contribution in [2.75, 3.05) is 12.4 Å². The predicted molar refractivity (Wildman–Crippen MR) is 123 cm³/mol. The van der Waals surface area contributed by atoms with Crippen molar-refractivity contribution in [3.8, 4) is 5.75 Å². The molecule has 3 rings (SSSR count). The number of halogens is 1. The smallest absolute Gasteiger partial charge is 0.195 e. The van der Waals surface area contributed by atoms with Gasteiger partial charge in [0.2, 0.25) is 0 Å². The molecule has 0 saturated carbocycles. The number of benzene rings is 3. The van der Waals surface area contributed by atoms with Gasteiger partial charge in [0, 0.05) is 15.6 Å². The van der Waals surface area contributed by atoms with Crippen molar-refractivity contribution < 1.29 is 9.53 Å². The topological polar surface area (TPSA) is 67.6 Å². The molecule has 0 bridgehead atoms. The highest BCUT2D eigenvalue weighted by atomic mass is 79.9. The first kappa shape index (κ1) is 21.0. The maximum absolute atomic E-state index is 12.9. The van der Waals surface area contributed by atoms with Gasteiger partial charge in [0.15, 0.2) is 10.9 Å². The molecule has 29 heavy (non-hydrogen) atoms. The van der Waals surface area contributed by atoms with Crippen LogP contribution in [0.5, 0.6) is 5.75 Å². The first-order chi connectivity index (χ1) is 14.0. The van der Waals surface area contributed by atoms with E-state index in [9.17, 15) is 4.79 Å². The molecule has 0 aliphatic rings.